The summed E-state index contributed by atoms with van der Waals surface area (Å²) in [6.07, 6.45) is 0.249. The summed E-state index contributed by atoms with van der Waals surface area (Å²) in [6.45, 7) is 1.97. The van der Waals surface area contributed by atoms with Crippen molar-refractivity contribution in [1.29, 1.82) is 0 Å². The number of hydrogen-bond donors (Lipinski definition) is 2. The number of hydrogen-bond acceptors (Lipinski definition) is 3. The molecule has 29 heavy (non-hydrogen) atoms. The lowest BCUT2D eigenvalue weighted by molar-refractivity contribution is -0.115. The van der Waals surface area contributed by atoms with Gasteiger partial charge < -0.3 is 19.8 Å². The standard InChI is InChI=1S/C24H22N2O3/c1-16-19(20-14-18(28-2)12-13-21(20)25-16)15-24(27)26-22-10-6-7-11-23(22)29-17-8-4-3-5-9-17/h3-14,25H,15H2,1-2H3,(H,26,27). The van der Waals surface area contributed by atoms with Crippen molar-refractivity contribution in [2.45, 2.75) is 13.3 Å². The summed E-state index contributed by atoms with van der Waals surface area (Å²) in [6, 6.07) is 22.7. The van der Waals surface area contributed by atoms with Crippen LogP contribution in [0.4, 0.5) is 5.69 Å². The Hall–Kier alpha value is -3.73. The van der Waals surface area contributed by atoms with E-state index in [0.29, 0.717) is 17.2 Å². The van der Waals surface area contributed by atoms with Crippen molar-refractivity contribution in [3.8, 4) is 17.2 Å². The fraction of sp³-hybridized carbons (Fsp3) is 0.125. The molecule has 5 nitrogen and oxygen atoms in total. The van der Waals surface area contributed by atoms with Crippen LogP contribution < -0.4 is 14.8 Å². The van der Waals surface area contributed by atoms with Crippen LogP contribution in [0.1, 0.15) is 11.3 Å². The van der Waals surface area contributed by atoms with Gasteiger partial charge in [-0.1, -0.05) is 30.3 Å². The second-order valence-corrected chi connectivity index (χ2v) is 6.78. The van der Waals surface area contributed by atoms with Crippen molar-refractivity contribution in [2.24, 2.45) is 0 Å². The number of nitrogens with one attached hydrogen (secondary N) is 2. The van der Waals surface area contributed by atoms with Crippen LogP contribution in [0, 0.1) is 6.92 Å². The van der Waals surface area contributed by atoms with Crippen LogP contribution in [-0.2, 0) is 11.2 Å². The molecule has 2 N–H and O–H groups in total. The number of carbonyl (C=O) groups excluding carboxylic acids is 1. The SMILES string of the molecule is COc1ccc2[nH]c(C)c(CC(=O)Nc3ccccc3Oc3ccccc3)c2c1. The number of fused-ring (bicyclic) bond motifs is 1. The van der Waals surface area contributed by atoms with Crippen LogP contribution in [0.2, 0.25) is 0 Å². The molecule has 3 aromatic carbocycles. The Morgan fingerprint density at radius 3 is 2.52 bits per heavy atom. The number of para-hydroxylation sites is 3. The van der Waals surface area contributed by atoms with Gasteiger partial charge in [0.1, 0.15) is 11.5 Å². The average Bonchev–Trinajstić information content (AvgIpc) is 3.04. The summed E-state index contributed by atoms with van der Waals surface area (Å²) < 4.78 is 11.3. The second kappa shape index (κ2) is 8.10. The Balaban J connectivity index is 1.55. The van der Waals surface area contributed by atoms with Crippen molar-refractivity contribution in [3.63, 3.8) is 0 Å². The topological polar surface area (TPSA) is 63.4 Å². The minimum absolute atomic E-state index is 0.110. The first kappa shape index (κ1) is 18.6. The third kappa shape index (κ3) is 4.09. The van der Waals surface area contributed by atoms with Gasteiger partial charge in [0.05, 0.1) is 19.2 Å². The molecule has 0 saturated carbocycles. The van der Waals surface area contributed by atoms with Gasteiger partial charge in [0.2, 0.25) is 5.91 Å². The lowest BCUT2D eigenvalue weighted by Crippen LogP contribution is -2.15. The van der Waals surface area contributed by atoms with E-state index in [-0.39, 0.29) is 12.3 Å². The molecule has 4 rings (SSSR count). The zero-order chi connectivity index (χ0) is 20.2. The van der Waals surface area contributed by atoms with Crippen molar-refractivity contribution in [3.05, 3.63) is 84.1 Å². The first-order valence-corrected chi connectivity index (χ1v) is 9.41. The Morgan fingerprint density at radius 1 is 0.966 bits per heavy atom. The number of benzene rings is 3. The highest BCUT2D eigenvalue weighted by atomic mass is 16.5. The Kier molecular flexibility index (Phi) is 5.20. The van der Waals surface area contributed by atoms with Gasteiger partial charge >= 0.3 is 0 Å². The van der Waals surface area contributed by atoms with Crippen molar-refractivity contribution >= 4 is 22.5 Å². The first-order chi connectivity index (χ1) is 14.1. The highest BCUT2D eigenvalue weighted by molar-refractivity contribution is 5.97. The van der Waals surface area contributed by atoms with Gasteiger partial charge in [-0.15, -0.1) is 0 Å². The highest BCUT2D eigenvalue weighted by Gasteiger charge is 2.15. The Morgan fingerprint density at radius 2 is 1.72 bits per heavy atom. The number of aromatic amines is 1. The maximum atomic E-state index is 12.8. The predicted molar refractivity (Wildman–Crippen MR) is 115 cm³/mol. The fourth-order valence-electron chi connectivity index (χ4n) is 3.35. The van der Waals surface area contributed by atoms with Crippen LogP contribution in [-0.4, -0.2) is 18.0 Å². The van der Waals surface area contributed by atoms with E-state index in [1.54, 1.807) is 7.11 Å². The van der Waals surface area contributed by atoms with Gasteiger partial charge in [-0.3, -0.25) is 4.79 Å². The summed E-state index contributed by atoms with van der Waals surface area (Å²) in [4.78, 5) is 16.2. The summed E-state index contributed by atoms with van der Waals surface area (Å²) in [5.74, 6) is 1.97. The molecule has 1 amide bonds. The second-order valence-electron chi connectivity index (χ2n) is 6.78. The molecule has 0 aliphatic carbocycles. The average molecular weight is 386 g/mol. The van der Waals surface area contributed by atoms with E-state index in [0.717, 1.165) is 27.9 Å². The molecule has 0 atom stereocenters. The van der Waals surface area contributed by atoms with Crippen LogP contribution in [0.25, 0.3) is 10.9 Å². The maximum Gasteiger partial charge on any atom is 0.228 e. The minimum Gasteiger partial charge on any atom is -0.497 e. The number of anilines is 1. The molecule has 0 unspecified atom stereocenters. The monoisotopic (exact) mass is 386 g/mol. The number of carbonyl (C=O) groups is 1. The van der Waals surface area contributed by atoms with E-state index >= 15 is 0 Å². The molecule has 146 valence electrons. The molecule has 4 aromatic rings. The highest BCUT2D eigenvalue weighted by Crippen LogP contribution is 2.30. The third-order valence-electron chi connectivity index (χ3n) is 4.80. The van der Waals surface area contributed by atoms with Crippen LogP contribution in [0.15, 0.2) is 72.8 Å². The maximum absolute atomic E-state index is 12.8. The van der Waals surface area contributed by atoms with Crippen LogP contribution >= 0.6 is 0 Å². The van der Waals surface area contributed by atoms with Gasteiger partial charge in [-0.25, -0.2) is 0 Å². The predicted octanol–water partition coefficient (Wildman–Crippen LogP) is 5.46. The number of aromatic nitrogens is 1. The molecule has 0 spiro atoms. The number of rotatable bonds is 6. The van der Waals surface area contributed by atoms with Gasteiger partial charge in [0.25, 0.3) is 0 Å². The summed E-state index contributed by atoms with van der Waals surface area (Å²) in [5, 5.41) is 3.97. The Bertz CT molecular complexity index is 1150. The van der Waals surface area contributed by atoms with E-state index in [9.17, 15) is 4.79 Å². The largest absolute Gasteiger partial charge is 0.497 e. The quantitative estimate of drug-likeness (QED) is 0.463. The third-order valence-corrected chi connectivity index (χ3v) is 4.80. The molecule has 0 aliphatic heterocycles. The van der Waals surface area contributed by atoms with E-state index < -0.39 is 0 Å². The molecule has 0 radical (unpaired) electrons. The molecular weight excluding hydrogens is 364 g/mol. The zero-order valence-corrected chi connectivity index (χ0v) is 16.4. The summed E-state index contributed by atoms with van der Waals surface area (Å²) in [5.41, 5.74) is 3.55. The molecule has 0 bridgehead atoms. The number of amides is 1. The van der Waals surface area contributed by atoms with Crippen molar-refractivity contribution in [1.82, 2.24) is 4.98 Å². The molecule has 0 saturated heterocycles. The number of methoxy groups -OCH3 is 1. The number of aryl methyl sites for hydroxylation is 1. The van der Waals surface area contributed by atoms with E-state index in [1.807, 2.05) is 79.7 Å². The Labute approximate surface area is 169 Å². The molecular formula is C24H22N2O3. The van der Waals surface area contributed by atoms with E-state index in [2.05, 4.69) is 10.3 Å². The van der Waals surface area contributed by atoms with Crippen LogP contribution in [0.5, 0.6) is 17.2 Å². The summed E-state index contributed by atoms with van der Waals surface area (Å²) in [7, 11) is 1.64. The van der Waals surface area contributed by atoms with Gasteiger partial charge in [0.15, 0.2) is 5.75 Å². The lowest BCUT2D eigenvalue weighted by atomic mass is 10.1. The number of H-pyrrole nitrogens is 1. The molecule has 5 heteroatoms. The smallest absolute Gasteiger partial charge is 0.228 e. The molecule has 0 aliphatic rings. The normalized spacial score (nSPS) is 10.7. The van der Waals surface area contributed by atoms with Crippen molar-refractivity contribution in [2.75, 3.05) is 12.4 Å². The molecule has 1 heterocycles. The zero-order valence-electron chi connectivity index (χ0n) is 16.4. The lowest BCUT2D eigenvalue weighted by Gasteiger charge is -2.12. The molecule has 0 fully saturated rings. The fourth-order valence-corrected chi connectivity index (χ4v) is 3.35. The minimum atomic E-state index is -0.110. The van der Waals surface area contributed by atoms with E-state index in [1.165, 1.54) is 0 Å². The van der Waals surface area contributed by atoms with E-state index in [4.69, 9.17) is 9.47 Å². The van der Waals surface area contributed by atoms with Gasteiger partial charge in [-0.2, -0.15) is 0 Å². The van der Waals surface area contributed by atoms with Gasteiger partial charge in [0, 0.05) is 16.6 Å². The summed E-state index contributed by atoms with van der Waals surface area (Å²) >= 11 is 0. The number of ether oxygens (including phenoxy) is 2. The van der Waals surface area contributed by atoms with Crippen LogP contribution in [0.3, 0.4) is 0 Å². The van der Waals surface area contributed by atoms with Gasteiger partial charge in [-0.05, 0) is 55.0 Å². The first-order valence-electron chi connectivity index (χ1n) is 9.41. The molecule has 1 aromatic heterocycles. The van der Waals surface area contributed by atoms with Crippen molar-refractivity contribution < 1.29 is 14.3 Å².